The Bertz CT molecular complexity index is 729. The van der Waals surface area contributed by atoms with Crippen molar-refractivity contribution in [2.24, 2.45) is 0 Å². The molecule has 2 rings (SSSR count). The zero-order valence-corrected chi connectivity index (χ0v) is 14.4. The second-order valence-electron chi connectivity index (χ2n) is 5.68. The van der Waals surface area contributed by atoms with Gasteiger partial charge in [-0.15, -0.1) is 0 Å². The molecule has 0 saturated heterocycles. The minimum atomic E-state index is -3.15. The lowest BCUT2D eigenvalue weighted by Gasteiger charge is -2.23. The summed E-state index contributed by atoms with van der Waals surface area (Å²) in [6.45, 7) is 6.50. The maximum atomic E-state index is 11.5. The Hall–Kier alpha value is -1.66. The van der Waals surface area contributed by atoms with Crippen molar-refractivity contribution in [3.8, 4) is 0 Å². The molecule has 0 bridgehead atoms. The SMILES string of the molecule is Cc1nc(CN(C)C(C)c2ccc(S(C)(=O)=O)cc2)oc1C. The van der Waals surface area contributed by atoms with Gasteiger partial charge in [0, 0.05) is 12.3 Å². The lowest BCUT2D eigenvalue weighted by atomic mass is 10.1. The Morgan fingerprint density at radius 1 is 1.23 bits per heavy atom. The third kappa shape index (κ3) is 3.75. The van der Waals surface area contributed by atoms with Crippen LogP contribution in [-0.4, -0.2) is 31.6 Å². The van der Waals surface area contributed by atoms with Crippen molar-refractivity contribution in [2.45, 2.75) is 38.3 Å². The number of oxazole rings is 1. The maximum Gasteiger partial charge on any atom is 0.208 e. The second-order valence-corrected chi connectivity index (χ2v) is 7.70. The third-order valence-corrected chi connectivity index (χ3v) is 5.04. The first-order valence-electron chi connectivity index (χ1n) is 7.11. The second kappa shape index (κ2) is 6.22. The fourth-order valence-corrected chi connectivity index (χ4v) is 2.84. The van der Waals surface area contributed by atoms with Gasteiger partial charge in [0.1, 0.15) is 5.76 Å². The van der Waals surface area contributed by atoms with E-state index in [-0.39, 0.29) is 6.04 Å². The molecule has 0 radical (unpaired) electrons. The van der Waals surface area contributed by atoms with E-state index in [0.717, 1.165) is 17.0 Å². The van der Waals surface area contributed by atoms with E-state index in [4.69, 9.17) is 4.42 Å². The van der Waals surface area contributed by atoms with Crippen molar-refractivity contribution in [3.05, 3.63) is 47.2 Å². The highest BCUT2D eigenvalue weighted by molar-refractivity contribution is 7.90. The number of rotatable bonds is 5. The first kappa shape index (κ1) is 16.7. The van der Waals surface area contributed by atoms with Crippen LogP contribution in [0.4, 0.5) is 0 Å². The Morgan fingerprint density at radius 2 is 1.82 bits per heavy atom. The van der Waals surface area contributed by atoms with Crippen molar-refractivity contribution in [1.29, 1.82) is 0 Å². The minimum Gasteiger partial charge on any atom is -0.444 e. The van der Waals surface area contributed by atoms with E-state index in [1.165, 1.54) is 6.26 Å². The molecule has 0 spiro atoms. The fourth-order valence-electron chi connectivity index (χ4n) is 2.21. The fraction of sp³-hybridized carbons (Fsp3) is 0.438. The van der Waals surface area contributed by atoms with Gasteiger partial charge in [-0.3, -0.25) is 4.90 Å². The summed E-state index contributed by atoms with van der Waals surface area (Å²) in [4.78, 5) is 6.83. The zero-order valence-electron chi connectivity index (χ0n) is 13.6. The molecule has 1 aromatic heterocycles. The predicted octanol–water partition coefficient (Wildman–Crippen LogP) is 2.89. The smallest absolute Gasteiger partial charge is 0.208 e. The van der Waals surface area contributed by atoms with E-state index in [0.29, 0.717) is 17.3 Å². The molecular formula is C16H22N2O3S. The van der Waals surface area contributed by atoms with Crippen LogP contribution < -0.4 is 0 Å². The molecule has 1 atom stereocenters. The summed E-state index contributed by atoms with van der Waals surface area (Å²) < 4.78 is 28.6. The molecule has 0 aliphatic heterocycles. The molecule has 1 aromatic carbocycles. The lowest BCUT2D eigenvalue weighted by Crippen LogP contribution is -2.22. The molecule has 22 heavy (non-hydrogen) atoms. The highest BCUT2D eigenvalue weighted by Crippen LogP contribution is 2.22. The quantitative estimate of drug-likeness (QED) is 0.847. The first-order valence-corrected chi connectivity index (χ1v) is 9.01. The van der Waals surface area contributed by atoms with E-state index in [2.05, 4.69) is 16.8 Å². The highest BCUT2D eigenvalue weighted by Gasteiger charge is 2.16. The summed E-state index contributed by atoms with van der Waals surface area (Å²) >= 11 is 0. The normalized spacial score (nSPS) is 13.5. The van der Waals surface area contributed by atoms with E-state index in [1.807, 2.05) is 33.0 Å². The highest BCUT2D eigenvalue weighted by atomic mass is 32.2. The molecular weight excluding hydrogens is 300 g/mol. The average molecular weight is 322 g/mol. The Labute approximate surface area is 131 Å². The van der Waals surface area contributed by atoms with Crippen LogP contribution in [0.3, 0.4) is 0 Å². The molecule has 0 aliphatic carbocycles. The van der Waals surface area contributed by atoms with Crippen molar-refractivity contribution in [3.63, 3.8) is 0 Å². The molecule has 0 aliphatic rings. The van der Waals surface area contributed by atoms with Crippen molar-refractivity contribution >= 4 is 9.84 Å². The lowest BCUT2D eigenvalue weighted by molar-refractivity contribution is 0.226. The number of benzene rings is 1. The summed E-state index contributed by atoms with van der Waals surface area (Å²) in [5.74, 6) is 1.53. The third-order valence-electron chi connectivity index (χ3n) is 3.91. The van der Waals surface area contributed by atoms with Gasteiger partial charge in [-0.1, -0.05) is 12.1 Å². The number of hydrogen-bond acceptors (Lipinski definition) is 5. The molecule has 2 aromatic rings. The Morgan fingerprint density at radius 3 is 2.27 bits per heavy atom. The molecule has 6 heteroatoms. The van der Waals surface area contributed by atoms with E-state index < -0.39 is 9.84 Å². The van der Waals surface area contributed by atoms with Crippen LogP contribution in [0.25, 0.3) is 0 Å². The maximum absolute atomic E-state index is 11.5. The predicted molar refractivity (Wildman–Crippen MR) is 85.4 cm³/mol. The van der Waals surface area contributed by atoms with Gasteiger partial charge in [-0.05, 0) is 45.5 Å². The topological polar surface area (TPSA) is 63.4 Å². The minimum absolute atomic E-state index is 0.126. The average Bonchev–Trinajstić information content (AvgIpc) is 2.75. The van der Waals surface area contributed by atoms with E-state index in [9.17, 15) is 8.42 Å². The largest absolute Gasteiger partial charge is 0.444 e. The van der Waals surface area contributed by atoms with Crippen LogP contribution in [-0.2, 0) is 16.4 Å². The summed E-state index contributed by atoms with van der Waals surface area (Å²) in [6.07, 6.45) is 1.21. The van der Waals surface area contributed by atoms with Crippen LogP contribution in [0.1, 0.15) is 35.9 Å². The van der Waals surface area contributed by atoms with E-state index >= 15 is 0 Å². The molecule has 1 unspecified atom stereocenters. The number of sulfone groups is 1. The van der Waals surface area contributed by atoms with Crippen LogP contribution in [0.15, 0.2) is 33.6 Å². The van der Waals surface area contributed by atoms with Gasteiger partial charge in [-0.25, -0.2) is 13.4 Å². The zero-order chi connectivity index (χ0) is 16.5. The van der Waals surface area contributed by atoms with Crippen molar-refractivity contribution in [1.82, 2.24) is 9.88 Å². The Balaban J connectivity index is 2.11. The van der Waals surface area contributed by atoms with Gasteiger partial charge in [0.2, 0.25) is 5.89 Å². The van der Waals surface area contributed by atoms with Crippen molar-refractivity contribution < 1.29 is 12.8 Å². The number of aryl methyl sites for hydroxylation is 2. The van der Waals surface area contributed by atoms with Crippen LogP contribution in [0, 0.1) is 13.8 Å². The number of nitrogens with zero attached hydrogens (tertiary/aromatic N) is 2. The number of aromatic nitrogens is 1. The van der Waals surface area contributed by atoms with Crippen molar-refractivity contribution in [2.75, 3.05) is 13.3 Å². The molecule has 0 amide bonds. The molecule has 0 saturated carbocycles. The molecule has 0 N–H and O–H groups in total. The molecule has 5 nitrogen and oxygen atoms in total. The molecule has 1 heterocycles. The van der Waals surface area contributed by atoms with Crippen LogP contribution in [0.2, 0.25) is 0 Å². The van der Waals surface area contributed by atoms with Crippen LogP contribution >= 0.6 is 0 Å². The summed E-state index contributed by atoms with van der Waals surface area (Å²) in [5.41, 5.74) is 1.96. The summed E-state index contributed by atoms with van der Waals surface area (Å²) in [5, 5.41) is 0. The van der Waals surface area contributed by atoms with Gasteiger partial charge in [-0.2, -0.15) is 0 Å². The first-order chi connectivity index (χ1) is 10.2. The summed E-state index contributed by atoms with van der Waals surface area (Å²) in [7, 11) is -1.16. The summed E-state index contributed by atoms with van der Waals surface area (Å²) in [6, 6.07) is 7.12. The molecule has 0 fully saturated rings. The van der Waals surface area contributed by atoms with Gasteiger partial charge in [0.05, 0.1) is 17.1 Å². The van der Waals surface area contributed by atoms with Gasteiger partial charge in [0.25, 0.3) is 0 Å². The number of hydrogen-bond donors (Lipinski definition) is 0. The van der Waals surface area contributed by atoms with Gasteiger partial charge >= 0.3 is 0 Å². The van der Waals surface area contributed by atoms with Gasteiger partial charge < -0.3 is 4.42 Å². The monoisotopic (exact) mass is 322 g/mol. The Kier molecular flexibility index (Phi) is 4.72. The van der Waals surface area contributed by atoms with Gasteiger partial charge in [0.15, 0.2) is 9.84 Å². The van der Waals surface area contributed by atoms with E-state index in [1.54, 1.807) is 12.1 Å². The standard InChI is InChI=1S/C16H22N2O3S/c1-11-13(3)21-16(17-11)10-18(4)12(2)14-6-8-15(9-7-14)22(5,19)20/h6-9,12H,10H2,1-5H3. The van der Waals surface area contributed by atoms with Crippen LogP contribution in [0.5, 0.6) is 0 Å². The molecule has 120 valence electrons.